The number of carbonyl (C=O) groups is 2. The number of thioether (sulfide) groups is 2. The number of nitrogens with zero attached hydrogens (tertiary/aromatic N) is 1. The molecule has 3 heterocycles. The van der Waals surface area contributed by atoms with Gasteiger partial charge in [-0.05, 0) is 24.0 Å². The molecule has 2 unspecified atom stereocenters. The van der Waals surface area contributed by atoms with Crippen LogP contribution in [0.4, 0.5) is 0 Å². The van der Waals surface area contributed by atoms with Crippen molar-refractivity contribution in [3.05, 3.63) is 82.4 Å². The predicted molar refractivity (Wildman–Crippen MR) is 138 cm³/mol. The first-order valence-corrected chi connectivity index (χ1v) is 13.2. The second-order valence-electron chi connectivity index (χ2n) is 8.26. The third-order valence-corrected chi connectivity index (χ3v) is 8.77. The number of esters is 1. The van der Waals surface area contributed by atoms with E-state index in [4.69, 9.17) is 15.2 Å². The molecule has 2 aromatic carbocycles. The number of hydrogen-bond acceptors (Lipinski definition) is 7. The first-order chi connectivity index (χ1) is 16.1. The van der Waals surface area contributed by atoms with Crippen LogP contribution in [0.3, 0.4) is 0 Å². The fourth-order valence-electron chi connectivity index (χ4n) is 4.30. The Morgan fingerprint density at radius 3 is 2.38 bits per heavy atom. The van der Waals surface area contributed by atoms with Crippen molar-refractivity contribution in [1.29, 1.82) is 0 Å². The van der Waals surface area contributed by atoms with Gasteiger partial charge in [0.05, 0.1) is 6.10 Å². The second kappa shape index (κ2) is 11.2. The molecule has 3 aliphatic rings. The summed E-state index contributed by atoms with van der Waals surface area (Å²) in [7, 11) is 0. The molecule has 5 rings (SSSR count). The van der Waals surface area contributed by atoms with Crippen molar-refractivity contribution in [2.24, 2.45) is 5.73 Å². The fraction of sp³-hybridized carbons (Fsp3) is 0.360. The van der Waals surface area contributed by atoms with E-state index in [1.54, 1.807) is 23.5 Å². The van der Waals surface area contributed by atoms with Gasteiger partial charge < -0.3 is 15.2 Å². The summed E-state index contributed by atoms with van der Waals surface area (Å²) < 4.78 is 11.9. The molecule has 3 atom stereocenters. The third kappa shape index (κ3) is 5.02. The normalized spacial score (nSPS) is 23.9. The molecule has 0 bridgehead atoms. The van der Waals surface area contributed by atoms with Crippen LogP contribution in [0.2, 0.25) is 0 Å². The summed E-state index contributed by atoms with van der Waals surface area (Å²) in [6, 6.07) is 18.7. The predicted octanol–water partition coefficient (Wildman–Crippen LogP) is 4.11. The van der Waals surface area contributed by atoms with Crippen LogP contribution in [0.15, 0.2) is 71.3 Å². The molecule has 34 heavy (non-hydrogen) atoms. The molecule has 0 radical (unpaired) electrons. The highest BCUT2D eigenvalue weighted by Crippen LogP contribution is 2.44. The Bertz CT molecular complexity index is 1010. The minimum absolute atomic E-state index is 0. The molecular weight excluding hydrogens is 492 g/mol. The summed E-state index contributed by atoms with van der Waals surface area (Å²) >= 11 is 3.19. The first-order valence-electron chi connectivity index (χ1n) is 11.1. The molecule has 2 saturated heterocycles. The summed E-state index contributed by atoms with van der Waals surface area (Å²) in [5.41, 5.74) is 8.12. The minimum Gasteiger partial charge on any atom is -0.448 e. The Hall–Kier alpha value is -1.97. The number of β-lactam (4-membered cyclic amide) rings is 1. The highest BCUT2D eigenvalue weighted by Gasteiger charge is 2.52. The lowest BCUT2D eigenvalue weighted by atomic mass is 10.0. The lowest BCUT2D eigenvalue weighted by molar-refractivity contribution is -0.152. The average Bonchev–Trinajstić information content (AvgIpc) is 3.39. The quantitative estimate of drug-likeness (QED) is 0.436. The number of benzene rings is 2. The van der Waals surface area contributed by atoms with Crippen molar-refractivity contribution in [3.63, 3.8) is 0 Å². The number of amides is 1. The molecule has 9 heteroatoms. The van der Waals surface area contributed by atoms with Crippen LogP contribution in [0.25, 0.3) is 0 Å². The van der Waals surface area contributed by atoms with Crippen molar-refractivity contribution in [1.82, 2.24) is 4.90 Å². The van der Waals surface area contributed by atoms with Crippen LogP contribution in [-0.4, -0.2) is 52.4 Å². The maximum Gasteiger partial charge on any atom is 0.356 e. The zero-order valence-electron chi connectivity index (χ0n) is 18.5. The van der Waals surface area contributed by atoms with Gasteiger partial charge in [-0.2, -0.15) is 0 Å². The standard InChI is InChI=1S/C25H26N2O4S2.ClH/c26-20-23(28)27-21(19(15-33-24(20)27)32-14-18-12-7-13-30-18)25(29)31-22(16-8-3-1-4-9-16)17-10-5-2-6-11-17;/h1-6,8-11,18,20,22,24H,7,12-15,26H2;1H/t18?,20?,24-;/m1./s1. The van der Waals surface area contributed by atoms with Gasteiger partial charge in [0.25, 0.3) is 0 Å². The smallest absolute Gasteiger partial charge is 0.356 e. The maximum absolute atomic E-state index is 13.6. The largest absolute Gasteiger partial charge is 0.448 e. The van der Waals surface area contributed by atoms with Crippen molar-refractivity contribution in [2.45, 2.75) is 36.5 Å². The van der Waals surface area contributed by atoms with E-state index in [0.717, 1.165) is 41.2 Å². The topological polar surface area (TPSA) is 81.9 Å². The van der Waals surface area contributed by atoms with Gasteiger partial charge in [0, 0.05) is 23.0 Å². The lowest BCUT2D eigenvalue weighted by Gasteiger charge is -2.48. The molecule has 0 aromatic heterocycles. The van der Waals surface area contributed by atoms with E-state index in [0.29, 0.717) is 11.4 Å². The summed E-state index contributed by atoms with van der Waals surface area (Å²) in [5, 5.41) is -0.223. The Morgan fingerprint density at radius 2 is 1.79 bits per heavy atom. The average molecular weight is 519 g/mol. The van der Waals surface area contributed by atoms with Gasteiger partial charge in [-0.1, -0.05) is 60.7 Å². The lowest BCUT2D eigenvalue weighted by Crippen LogP contribution is -2.68. The molecule has 3 aliphatic heterocycles. The number of halogens is 1. The van der Waals surface area contributed by atoms with Gasteiger partial charge in [0.2, 0.25) is 5.91 Å². The van der Waals surface area contributed by atoms with Crippen molar-refractivity contribution in [3.8, 4) is 0 Å². The highest BCUT2D eigenvalue weighted by molar-refractivity contribution is 8.06. The summed E-state index contributed by atoms with van der Waals surface area (Å²) in [6.45, 7) is 0.783. The summed E-state index contributed by atoms with van der Waals surface area (Å²) in [5.74, 6) is 0.663. The van der Waals surface area contributed by atoms with E-state index in [9.17, 15) is 9.59 Å². The number of nitrogens with two attached hydrogens (primary N) is 1. The molecule has 180 valence electrons. The number of hydrogen-bond donors (Lipinski definition) is 1. The van der Waals surface area contributed by atoms with Crippen molar-refractivity contribution in [2.75, 3.05) is 18.1 Å². The van der Waals surface area contributed by atoms with Crippen LogP contribution in [0, 0.1) is 0 Å². The first kappa shape index (κ1) is 25.1. The van der Waals surface area contributed by atoms with Crippen molar-refractivity contribution < 1.29 is 19.1 Å². The van der Waals surface area contributed by atoms with Gasteiger partial charge in [-0.15, -0.1) is 35.9 Å². The number of fused-ring (bicyclic) bond motifs is 1. The van der Waals surface area contributed by atoms with E-state index in [1.165, 1.54) is 4.90 Å². The Balaban J connectivity index is 0.00000274. The van der Waals surface area contributed by atoms with Crippen LogP contribution < -0.4 is 5.73 Å². The zero-order valence-corrected chi connectivity index (χ0v) is 21.0. The Labute approximate surface area is 214 Å². The van der Waals surface area contributed by atoms with Crippen LogP contribution >= 0.6 is 35.9 Å². The molecular formula is C25H27ClN2O4S2. The van der Waals surface area contributed by atoms with Gasteiger partial charge >= 0.3 is 5.97 Å². The summed E-state index contributed by atoms with van der Waals surface area (Å²) in [6.07, 6.45) is 1.69. The van der Waals surface area contributed by atoms with E-state index in [-0.39, 0.29) is 29.8 Å². The fourth-order valence-corrected chi connectivity index (χ4v) is 6.95. The molecule has 2 aromatic rings. The second-order valence-corrected chi connectivity index (χ2v) is 10.5. The van der Waals surface area contributed by atoms with E-state index in [1.807, 2.05) is 60.7 Å². The molecule has 2 fully saturated rings. The maximum atomic E-state index is 13.6. The van der Waals surface area contributed by atoms with Gasteiger partial charge in [0.15, 0.2) is 6.10 Å². The number of rotatable bonds is 7. The molecule has 0 aliphatic carbocycles. The summed E-state index contributed by atoms with van der Waals surface area (Å²) in [4.78, 5) is 28.7. The Morgan fingerprint density at radius 1 is 1.15 bits per heavy atom. The van der Waals surface area contributed by atoms with Crippen LogP contribution in [-0.2, 0) is 19.1 Å². The molecule has 1 amide bonds. The van der Waals surface area contributed by atoms with E-state index >= 15 is 0 Å². The van der Waals surface area contributed by atoms with Crippen molar-refractivity contribution >= 4 is 47.8 Å². The monoisotopic (exact) mass is 518 g/mol. The van der Waals surface area contributed by atoms with Crippen LogP contribution in [0.5, 0.6) is 0 Å². The van der Waals surface area contributed by atoms with E-state index in [2.05, 4.69) is 0 Å². The molecule has 6 nitrogen and oxygen atoms in total. The number of ether oxygens (including phenoxy) is 2. The van der Waals surface area contributed by atoms with Gasteiger partial charge in [0.1, 0.15) is 17.1 Å². The van der Waals surface area contributed by atoms with Crippen LogP contribution in [0.1, 0.15) is 30.1 Å². The molecule has 2 N–H and O–H groups in total. The SMILES string of the molecule is Cl.NC1C(=O)N2C(C(=O)OC(c3ccccc3)c3ccccc3)=C(SCC3CCCO3)CS[C@H]12. The number of carbonyl (C=O) groups excluding carboxylic acids is 2. The van der Waals surface area contributed by atoms with Gasteiger partial charge in [-0.25, -0.2) is 4.79 Å². The highest BCUT2D eigenvalue weighted by atomic mass is 35.5. The Kier molecular flexibility index (Phi) is 8.26. The molecule has 0 spiro atoms. The van der Waals surface area contributed by atoms with Gasteiger partial charge in [-0.3, -0.25) is 9.69 Å². The minimum atomic E-state index is -0.582. The zero-order chi connectivity index (χ0) is 22.8. The molecule has 0 saturated carbocycles. The third-order valence-electron chi connectivity index (χ3n) is 6.06. The van der Waals surface area contributed by atoms with E-state index < -0.39 is 18.1 Å².